The zero-order valence-corrected chi connectivity index (χ0v) is 10.6. The van der Waals surface area contributed by atoms with Crippen LogP contribution >= 0.6 is 0 Å². The van der Waals surface area contributed by atoms with Crippen molar-refractivity contribution in [3.63, 3.8) is 0 Å². The average Bonchev–Trinajstić information content (AvgIpc) is 3.09. The van der Waals surface area contributed by atoms with Crippen LogP contribution in [-0.2, 0) is 5.41 Å². The molecule has 1 aliphatic carbocycles. The molecule has 19 heavy (non-hydrogen) atoms. The van der Waals surface area contributed by atoms with Gasteiger partial charge in [-0.05, 0) is 18.4 Å². The number of carboxylic acids is 1. The highest BCUT2D eigenvalue weighted by molar-refractivity contribution is 5.89. The molecule has 0 spiro atoms. The zero-order valence-electron chi connectivity index (χ0n) is 10.6. The number of benzene rings is 1. The summed E-state index contributed by atoms with van der Waals surface area (Å²) in [7, 11) is 0. The van der Waals surface area contributed by atoms with Crippen LogP contribution in [0, 0.1) is 0 Å². The molecule has 2 N–H and O–H groups in total. The fraction of sp³-hybridized carbons (Fsp3) is 0.333. The van der Waals surface area contributed by atoms with E-state index in [1.807, 2.05) is 18.2 Å². The second-order valence-corrected chi connectivity index (χ2v) is 5.12. The maximum absolute atomic E-state index is 11.4. The first-order chi connectivity index (χ1) is 9.24. The molecule has 0 atom stereocenters. The lowest BCUT2D eigenvalue weighted by molar-refractivity contribution is 0.0694. The van der Waals surface area contributed by atoms with Gasteiger partial charge in [0.15, 0.2) is 0 Å². The van der Waals surface area contributed by atoms with E-state index >= 15 is 0 Å². The molecule has 1 aromatic carbocycles. The molecule has 98 valence electrons. The van der Waals surface area contributed by atoms with Gasteiger partial charge in [0.2, 0.25) is 0 Å². The van der Waals surface area contributed by atoms with Gasteiger partial charge in [-0.3, -0.25) is 5.10 Å². The number of aromatic amines is 1. The van der Waals surface area contributed by atoms with E-state index in [0.717, 1.165) is 31.4 Å². The highest BCUT2D eigenvalue weighted by atomic mass is 16.4. The average molecular weight is 256 g/mol. The Hall–Kier alpha value is -2.10. The summed E-state index contributed by atoms with van der Waals surface area (Å²) in [4.78, 5) is 11.4. The maximum Gasteiger partial charge on any atom is 0.339 e. The van der Waals surface area contributed by atoms with Gasteiger partial charge in [-0.2, -0.15) is 5.10 Å². The van der Waals surface area contributed by atoms with Gasteiger partial charge in [-0.1, -0.05) is 43.2 Å². The summed E-state index contributed by atoms with van der Waals surface area (Å²) in [6, 6.07) is 10.2. The van der Waals surface area contributed by atoms with Gasteiger partial charge in [0.1, 0.15) is 5.56 Å². The van der Waals surface area contributed by atoms with E-state index < -0.39 is 5.97 Å². The quantitative estimate of drug-likeness (QED) is 0.887. The largest absolute Gasteiger partial charge is 0.478 e. The SMILES string of the molecule is O=C(O)c1cn[nH]c1C1(c2ccccc2)CCCC1. The molecule has 3 rings (SSSR count). The standard InChI is InChI=1S/C15H16N2O2/c18-14(19)12-10-16-17-13(12)15(8-4-5-9-15)11-6-2-1-3-7-11/h1-3,6-7,10H,4-5,8-9H2,(H,16,17)(H,18,19). The lowest BCUT2D eigenvalue weighted by Gasteiger charge is -2.29. The van der Waals surface area contributed by atoms with Gasteiger partial charge in [0, 0.05) is 5.41 Å². The molecule has 0 radical (unpaired) electrons. The van der Waals surface area contributed by atoms with E-state index in [1.165, 1.54) is 11.8 Å². The molecule has 0 unspecified atom stereocenters. The van der Waals surface area contributed by atoms with Gasteiger partial charge in [0.05, 0.1) is 11.9 Å². The van der Waals surface area contributed by atoms with E-state index in [-0.39, 0.29) is 5.41 Å². The number of carbonyl (C=O) groups is 1. The molecule has 2 aromatic rings. The van der Waals surface area contributed by atoms with Crippen molar-refractivity contribution in [2.75, 3.05) is 0 Å². The Bertz CT molecular complexity index is 583. The molecule has 1 aromatic heterocycles. The van der Waals surface area contributed by atoms with Crippen molar-refractivity contribution in [2.45, 2.75) is 31.1 Å². The van der Waals surface area contributed by atoms with Crippen molar-refractivity contribution >= 4 is 5.97 Å². The van der Waals surface area contributed by atoms with Crippen LogP contribution in [0.25, 0.3) is 0 Å². The second kappa shape index (κ2) is 4.53. The van der Waals surface area contributed by atoms with Crippen LogP contribution in [0.3, 0.4) is 0 Å². The second-order valence-electron chi connectivity index (χ2n) is 5.12. The molecule has 1 aliphatic rings. The number of carboxylic acid groups (broad SMARTS) is 1. The molecular formula is C15H16N2O2. The van der Waals surface area contributed by atoms with Crippen LogP contribution in [0.15, 0.2) is 36.5 Å². The molecule has 4 heteroatoms. The number of aromatic nitrogens is 2. The molecule has 0 bridgehead atoms. The van der Waals surface area contributed by atoms with Crippen LogP contribution in [-0.4, -0.2) is 21.3 Å². The summed E-state index contributed by atoms with van der Waals surface area (Å²) < 4.78 is 0. The minimum atomic E-state index is -0.911. The van der Waals surface area contributed by atoms with Crippen molar-refractivity contribution in [2.24, 2.45) is 0 Å². The first kappa shape index (κ1) is 12.0. The smallest absolute Gasteiger partial charge is 0.339 e. The van der Waals surface area contributed by atoms with Crippen LogP contribution in [0.2, 0.25) is 0 Å². The highest BCUT2D eigenvalue weighted by Gasteiger charge is 2.41. The Labute approximate surface area is 111 Å². The fourth-order valence-corrected chi connectivity index (χ4v) is 3.23. The molecular weight excluding hydrogens is 240 g/mol. The number of hydrogen-bond donors (Lipinski definition) is 2. The van der Waals surface area contributed by atoms with Gasteiger partial charge in [-0.15, -0.1) is 0 Å². The Morgan fingerprint density at radius 2 is 1.89 bits per heavy atom. The molecule has 1 fully saturated rings. The van der Waals surface area contributed by atoms with Gasteiger partial charge >= 0.3 is 5.97 Å². The van der Waals surface area contributed by atoms with Crippen LogP contribution < -0.4 is 0 Å². The molecule has 1 heterocycles. The summed E-state index contributed by atoms with van der Waals surface area (Å²) in [5, 5.41) is 16.2. The van der Waals surface area contributed by atoms with E-state index in [9.17, 15) is 9.90 Å². The third-order valence-electron chi connectivity index (χ3n) is 4.13. The van der Waals surface area contributed by atoms with Crippen molar-refractivity contribution in [1.82, 2.24) is 10.2 Å². The first-order valence-corrected chi connectivity index (χ1v) is 6.57. The van der Waals surface area contributed by atoms with Crippen LogP contribution in [0.4, 0.5) is 0 Å². The number of aromatic carboxylic acids is 1. The molecule has 0 saturated heterocycles. The Kier molecular flexibility index (Phi) is 2.85. The minimum Gasteiger partial charge on any atom is -0.478 e. The normalized spacial score (nSPS) is 17.5. The predicted molar refractivity (Wildman–Crippen MR) is 71.2 cm³/mol. The Morgan fingerprint density at radius 1 is 1.21 bits per heavy atom. The number of nitrogens with one attached hydrogen (secondary N) is 1. The van der Waals surface area contributed by atoms with E-state index in [0.29, 0.717) is 5.56 Å². The Balaban J connectivity index is 2.16. The molecule has 1 saturated carbocycles. The number of rotatable bonds is 3. The Morgan fingerprint density at radius 3 is 2.53 bits per heavy atom. The van der Waals surface area contributed by atoms with Crippen LogP contribution in [0.1, 0.15) is 47.3 Å². The lowest BCUT2D eigenvalue weighted by atomic mass is 9.75. The summed E-state index contributed by atoms with van der Waals surface area (Å²) in [5.74, 6) is -0.911. The van der Waals surface area contributed by atoms with E-state index in [1.54, 1.807) is 0 Å². The summed E-state index contributed by atoms with van der Waals surface area (Å²) in [5.41, 5.74) is 2.01. The summed E-state index contributed by atoms with van der Waals surface area (Å²) in [6.07, 6.45) is 5.60. The first-order valence-electron chi connectivity index (χ1n) is 6.57. The minimum absolute atomic E-state index is 0.217. The maximum atomic E-state index is 11.4. The van der Waals surface area contributed by atoms with Gasteiger partial charge < -0.3 is 5.11 Å². The number of H-pyrrole nitrogens is 1. The van der Waals surface area contributed by atoms with Gasteiger partial charge in [0.25, 0.3) is 0 Å². The van der Waals surface area contributed by atoms with Crippen LogP contribution in [0.5, 0.6) is 0 Å². The van der Waals surface area contributed by atoms with E-state index in [2.05, 4.69) is 22.3 Å². The monoisotopic (exact) mass is 256 g/mol. The third kappa shape index (κ3) is 1.84. The van der Waals surface area contributed by atoms with Crippen molar-refractivity contribution < 1.29 is 9.90 Å². The molecule has 4 nitrogen and oxygen atoms in total. The molecule has 0 amide bonds. The number of nitrogens with zero attached hydrogens (tertiary/aromatic N) is 1. The summed E-state index contributed by atoms with van der Waals surface area (Å²) >= 11 is 0. The van der Waals surface area contributed by atoms with Crippen molar-refractivity contribution in [1.29, 1.82) is 0 Å². The molecule has 0 aliphatic heterocycles. The lowest BCUT2D eigenvalue weighted by Crippen LogP contribution is -2.26. The predicted octanol–water partition coefficient (Wildman–Crippen LogP) is 2.97. The topological polar surface area (TPSA) is 66.0 Å². The zero-order chi connectivity index (χ0) is 13.3. The summed E-state index contributed by atoms with van der Waals surface area (Å²) in [6.45, 7) is 0. The van der Waals surface area contributed by atoms with Crippen molar-refractivity contribution in [3.05, 3.63) is 53.3 Å². The van der Waals surface area contributed by atoms with E-state index in [4.69, 9.17) is 0 Å². The number of hydrogen-bond acceptors (Lipinski definition) is 2. The van der Waals surface area contributed by atoms with Crippen molar-refractivity contribution in [3.8, 4) is 0 Å². The highest BCUT2D eigenvalue weighted by Crippen LogP contribution is 2.46. The van der Waals surface area contributed by atoms with Gasteiger partial charge in [-0.25, -0.2) is 4.79 Å². The third-order valence-corrected chi connectivity index (χ3v) is 4.13. The fourth-order valence-electron chi connectivity index (χ4n) is 3.23.